The Labute approximate surface area is 194 Å². The van der Waals surface area contributed by atoms with Gasteiger partial charge in [0.15, 0.2) is 5.11 Å². The lowest BCUT2D eigenvalue weighted by atomic mass is 10.1. The second kappa shape index (κ2) is 9.34. The van der Waals surface area contributed by atoms with Gasteiger partial charge >= 0.3 is 12.3 Å². The van der Waals surface area contributed by atoms with E-state index in [1.807, 2.05) is 29.2 Å². The number of ether oxygens (including phenoxy) is 1. The van der Waals surface area contributed by atoms with Crippen molar-refractivity contribution in [1.29, 1.82) is 0 Å². The van der Waals surface area contributed by atoms with E-state index in [2.05, 4.69) is 10.2 Å². The summed E-state index contributed by atoms with van der Waals surface area (Å²) in [5.74, 6) is 0. The van der Waals surface area contributed by atoms with Crippen molar-refractivity contribution in [2.24, 2.45) is 5.73 Å². The molecule has 176 valence electrons. The lowest BCUT2D eigenvalue weighted by molar-refractivity contribution is -0.137. The lowest BCUT2D eigenvalue weighted by Gasteiger charge is -2.37. The molecular weight excluding hydrogens is 455 g/mol. The third kappa shape index (κ3) is 5.41. The molecule has 11 heteroatoms. The van der Waals surface area contributed by atoms with Crippen molar-refractivity contribution < 1.29 is 22.7 Å². The summed E-state index contributed by atoms with van der Waals surface area (Å²) in [6, 6.07) is 13.0. The first-order valence-electron chi connectivity index (χ1n) is 10.5. The number of amides is 1. The average molecular weight is 480 g/mol. The number of thiocarbonyl (C=S) groups is 1. The van der Waals surface area contributed by atoms with Crippen molar-refractivity contribution in [3.05, 3.63) is 54.1 Å². The molecule has 33 heavy (non-hydrogen) atoms. The molecule has 0 unspecified atom stereocenters. The van der Waals surface area contributed by atoms with E-state index in [-0.39, 0.29) is 11.2 Å². The van der Waals surface area contributed by atoms with E-state index in [4.69, 9.17) is 22.7 Å². The molecule has 0 aliphatic carbocycles. The molecule has 0 radical (unpaired) electrons. The first-order chi connectivity index (χ1) is 15.7. The number of hydrogen-bond donors (Lipinski definition) is 2. The number of benzene rings is 2. The van der Waals surface area contributed by atoms with Crippen molar-refractivity contribution in [3.63, 3.8) is 0 Å². The van der Waals surface area contributed by atoms with Gasteiger partial charge in [-0.05, 0) is 54.7 Å². The van der Waals surface area contributed by atoms with Gasteiger partial charge in [-0.3, -0.25) is 4.90 Å². The second-order valence-electron chi connectivity index (χ2n) is 7.90. The molecule has 1 atom stereocenters. The lowest BCUT2D eigenvalue weighted by Crippen LogP contribution is -2.46. The van der Waals surface area contributed by atoms with E-state index in [9.17, 15) is 18.0 Å². The van der Waals surface area contributed by atoms with E-state index in [1.165, 1.54) is 12.1 Å². The highest BCUT2D eigenvalue weighted by Crippen LogP contribution is 2.32. The topological polar surface area (TPSA) is 74.1 Å². The SMILES string of the molecule is NC(=S)NC[C@H]1CN(c2ccc(N3CCN(c4cccc(C(F)(F)F)c4)CC3)cc2)C(=O)O1. The third-order valence-electron chi connectivity index (χ3n) is 5.72. The average Bonchev–Trinajstić information content (AvgIpc) is 3.18. The van der Waals surface area contributed by atoms with Crippen LogP contribution in [0.25, 0.3) is 0 Å². The summed E-state index contributed by atoms with van der Waals surface area (Å²) >= 11 is 4.77. The summed E-state index contributed by atoms with van der Waals surface area (Å²) in [7, 11) is 0. The standard InChI is InChI=1S/C22H24F3N5O2S/c23-22(24,25)15-2-1-3-18(12-15)29-10-8-28(9-11-29)16-4-6-17(7-5-16)30-14-19(32-21(30)31)13-27-20(26)33/h1-7,12,19H,8-11,13-14H2,(H3,26,27,33)/t19-/m0/s1. The molecule has 2 aliphatic rings. The molecule has 1 amide bonds. The second-order valence-corrected chi connectivity index (χ2v) is 8.34. The maximum Gasteiger partial charge on any atom is 0.416 e. The molecule has 0 saturated carbocycles. The minimum Gasteiger partial charge on any atom is -0.442 e. The highest BCUT2D eigenvalue weighted by atomic mass is 32.1. The normalized spacial score (nSPS) is 18.9. The van der Waals surface area contributed by atoms with Crippen molar-refractivity contribution >= 4 is 40.5 Å². The van der Waals surface area contributed by atoms with Gasteiger partial charge in [0.25, 0.3) is 0 Å². The number of piperazine rings is 1. The van der Waals surface area contributed by atoms with Gasteiger partial charge in [-0.1, -0.05) is 6.07 Å². The number of rotatable bonds is 5. The predicted molar refractivity (Wildman–Crippen MR) is 125 cm³/mol. The van der Waals surface area contributed by atoms with Crippen LogP contribution in [0.3, 0.4) is 0 Å². The molecule has 7 nitrogen and oxygen atoms in total. The van der Waals surface area contributed by atoms with Crippen molar-refractivity contribution in [1.82, 2.24) is 5.32 Å². The van der Waals surface area contributed by atoms with Gasteiger partial charge in [-0.25, -0.2) is 4.79 Å². The largest absolute Gasteiger partial charge is 0.442 e. The smallest absolute Gasteiger partial charge is 0.416 e. The molecule has 4 rings (SSSR count). The Bertz CT molecular complexity index is 1010. The number of nitrogens with zero attached hydrogens (tertiary/aromatic N) is 3. The Morgan fingerprint density at radius 2 is 1.64 bits per heavy atom. The minimum absolute atomic E-state index is 0.155. The Kier molecular flexibility index (Phi) is 6.50. The Morgan fingerprint density at radius 1 is 1.03 bits per heavy atom. The molecule has 2 aromatic rings. The fraction of sp³-hybridized carbons (Fsp3) is 0.364. The van der Waals surface area contributed by atoms with Crippen LogP contribution in [-0.4, -0.2) is 56.6 Å². The van der Waals surface area contributed by atoms with Gasteiger partial charge in [-0.15, -0.1) is 0 Å². The number of cyclic esters (lactones) is 1. The van der Waals surface area contributed by atoms with Gasteiger partial charge < -0.3 is 25.6 Å². The molecule has 3 N–H and O–H groups in total. The van der Waals surface area contributed by atoms with Crippen LogP contribution in [0.15, 0.2) is 48.5 Å². The van der Waals surface area contributed by atoms with Crippen LogP contribution in [0.5, 0.6) is 0 Å². The third-order valence-corrected chi connectivity index (χ3v) is 5.87. The molecule has 2 aromatic carbocycles. The quantitative estimate of drug-likeness (QED) is 0.638. The van der Waals surface area contributed by atoms with Gasteiger partial charge in [0.05, 0.1) is 18.7 Å². The first kappa shape index (κ1) is 23.0. The van der Waals surface area contributed by atoms with Crippen molar-refractivity contribution in [2.45, 2.75) is 12.3 Å². The summed E-state index contributed by atoms with van der Waals surface area (Å²) in [6.07, 6.45) is -5.12. The summed E-state index contributed by atoms with van der Waals surface area (Å²) < 4.78 is 44.4. The van der Waals surface area contributed by atoms with Crippen molar-refractivity contribution in [3.8, 4) is 0 Å². The van der Waals surface area contributed by atoms with E-state index in [0.717, 1.165) is 17.4 Å². The maximum atomic E-state index is 13.0. The zero-order valence-corrected chi connectivity index (χ0v) is 18.5. The number of hydrogen-bond acceptors (Lipinski definition) is 5. The predicted octanol–water partition coefficient (Wildman–Crippen LogP) is 3.19. The number of anilines is 3. The highest BCUT2D eigenvalue weighted by Gasteiger charge is 2.33. The van der Waals surface area contributed by atoms with Gasteiger partial charge in [-0.2, -0.15) is 13.2 Å². The van der Waals surface area contributed by atoms with E-state index < -0.39 is 17.8 Å². The van der Waals surface area contributed by atoms with Crippen LogP contribution < -0.4 is 25.8 Å². The summed E-state index contributed by atoms with van der Waals surface area (Å²) in [5, 5.41) is 2.95. The van der Waals surface area contributed by atoms with Crippen LogP contribution >= 0.6 is 12.2 Å². The molecule has 0 bridgehead atoms. The number of carbonyl (C=O) groups is 1. The molecule has 2 saturated heterocycles. The summed E-state index contributed by atoms with van der Waals surface area (Å²) in [6.45, 7) is 3.32. The Balaban J connectivity index is 1.34. The molecule has 2 heterocycles. The summed E-state index contributed by atoms with van der Waals surface area (Å²) in [5.41, 5.74) is 7.07. The van der Waals surface area contributed by atoms with E-state index in [0.29, 0.717) is 45.0 Å². The van der Waals surface area contributed by atoms with Crippen LogP contribution in [0, 0.1) is 0 Å². The fourth-order valence-electron chi connectivity index (χ4n) is 4.00. The van der Waals surface area contributed by atoms with Crippen LogP contribution in [-0.2, 0) is 10.9 Å². The zero-order chi connectivity index (χ0) is 23.6. The Morgan fingerprint density at radius 3 is 2.24 bits per heavy atom. The summed E-state index contributed by atoms with van der Waals surface area (Å²) in [4.78, 5) is 17.9. The monoisotopic (exact) mass is 479 g/mol. The highest BCUT2D eigenvalue weighted by molar-refractivity contribution is 7.80. The number of nitrogens with one attached hydrogen (secondary N) is 1. The molecule has 0 spiro atoms. The van der Waals surface area contributed by atoms with Gasteiger partial charge in [0.2, 0.25) is 0 Å². The molecule has 0 aromatic heterocycles. The van der Waals surface area contributed by atoms with Crippen LogP contribution in [0.2, 0.25) is 0 Å². The van der Waals surface area contributed by atoms with Crippen LogP contribution in [0.1, 0.15) is 5.56 Å². The number of carbonyl (C=O) groups excluding carboxylic acids is 1. The molecular formula is C22H24F3N5O2S. The first-order valence-corrected chi connectivity index (χ1v) is 10.9. The van der Waals surface area contributed by atoms with E-state index in [1.54, 1.807) is 11.0 Å². The minimum atomic E-state index is -4.35. The number of halogens is 3. The van der Waals surface area contributed by atoms with Gasteiger partial charge in [0, 0.05) is 43.2 Å². The Hall–Kier alpha value is -3.21. The van der Waals surface area contributed by atoms with Gasteiger partial charge in [0.1, 0.15) is 6.10 Å². The number of alkyl halides is 3. The fourth-order valence-corrected chi connectivity index (χ4v) is 4.08. The number of nitrogens with two attached hydrogens (primary N) is 1. The zero-order valence-electron chi connectivity index (χ0n) is 17.7. The maximum absolute atomic E-state index is 13.0. The van der Waals surface area contributed by atoms with Crippen LogP contribution in [0.4, 0.5) is 35.0 Å². The van der Waals surface area contributed by atoms with Crippen molar-refractivity contribution in [2.75, 3.05) is 54.0 Å². The molecule has 2 fully saturated rings. The molecule has 2 aliphatic heterocycles. The van der Waals surface area contributed by atoms with E-state index >= 15 is 0 Å².